The molecule has 0 radical (unpaired) electrons. The van der Waals surface area contributed by atoms with Crippen LogP contribution in [0.5, 0.6) is 0 Å². The Kier molecular flexibility index (Phi) is 3.90. The summed E-state index contributed by atoms with van der Waals surface area (Å²) in [6, 6.07) is 11.9. The van der Waals surface area contributed by atoms with Crippen LogP contribution in [0.25, 0.3) is 0 Å². The molecule has 0 spiro atoms. The Hall–Kier alpha value is -2.14. The van der Waals surface area contributed by atoms with E-state index < -0.39 is 5.54 Å². The van der Waals surface area contributed by atoms with Crippen LogP contribution in [0, 0.1) is 0 Å². The predicted octanol–water partition coefficient (Wildman–Crippen LogP) is 2.17. The monoisotopic (exact) mass is 272 g/mol. The minimum absolute atomic E-state index is 0.104. The molecule has 0 saturated heterocycles. The molecule has 0 aliphatic rings. The maximum absolute atomic E-state index is 11.8. The lowest BCUT2D eigenvalue weighted by molar-refractivity contribution is -0.120. The largest absolute Gasteiger partial charge is 0.318 e. The summed E-state index contributed by atoms with van der Waals surface area (Å²) >= 11 is 0. The zero-order chi connectivity index (χ0) is 14.8. The van der Waals surface area contributed by atoms with E-state index in [1.165, 1.54) is 0 Å². The van der Waals surface area contributed by atoms with Crippen LogP contribution in [0.4, 0.5) is 5.82 Å². The number of carbonyl (C=O) groups excluding carboxylic acids is 1. The molecule has 1 unspecified atom stereocenters. The van der Waals surface area contributed by atoms with Crippen LogP contribution in [0.1, 0.15) is 32.4 Å². The van der Waals surface area contributed by atoms with Gasteiger partial charge in [-0.1, -0.05) is 30.3 Å². The summed E-state index contributed by atoms with van der Waals surface area (Å²) in [5, 5.41) is 7.08. The van der Waals surface area contributed by atoms with E-state index in [0.717, 1.165) is 5.56 Å². The summed E-state index contributed by atoms with van der Waals surface area (Å²) in [5.41, 5.74) is 5.98. The fourth-order valence-electron chi connectivity index (χ4n) is 1.78. The summed E-state index contributed by atoms with van der Waals surface area (Å²) < 4.78 is 1.81. The Morgan fingerprint density at radius 1 is 1.30 bits per heavy atom. The van der Waals surface area contributed by atoms with Gasteiger partial charge in [-0.15, -0.1) is 0 Å². The molecule has 0 bridgehead atoms. The molecule has 0 fully saturated rings. The second-order valence-electron chi connectivity index (χ2n) is 5.44. The fourth-order valence-corrected chi connectivity index (χ4v) is 1.78. The molecule has 2 rings (SSSR count). The van der Waals surface area contributed by atoms with Gasteiger partial charge in [0.1, 0.15) is 0 Å². The number of nitrogens with zero attached hydrogens (tertiary/aromatic N) is 2. The van der Waals surface area contributed by atoms with Gasteiger partial charge >= 0.3 is 0 Å². The van der Waals surface area contributed by atoms with Gasteiger partial charge in [0.15, 0.2) is 5.82 Å². The molecular weight excluding hydrogens is 252 g/mol. The number of aromatic nitrogens is 2. The molecular formula is C15H20N4O. The molecule has 1 amide bonds. The molecule has 106 valence electrons. The van der Waals surface area contributed by atoms with Gasteiger partial charge in [0, 0.05) is 12.3 Å². The van der Waals surface area contributed by atoms with E-state index in [2.05, 4.69) is 17.3 Å². The van der Waals surface area contributed by atoms with Crippen molar-refractivity contribution in [3.8, 4) is 0 Å². The van der Waals surface area contributed by atoms with Crippen molar-refractivity contribution in [1.82, 2.24) is 9.78 Å². The van der Waals surface area contributed by atoms with Gasteiger partial charge < -0.3 is 11.1 Å². The highest BCUT2D eigenvalue weighted by atomic mass is 16.2. The lowest BCUT2D eigenvalue weighted by atomic mass is 10.1. The topological polar surface area (TPSA) is 72.9 Å². The van der Waals surface area contributed by atoms with Crippen molar-refractivity contribution in [2.45, 2.75) is 32.4 Å². The maximum Gasteiger partial charge on any atom is 0.245 e. The molecule has 3 N–H and O–H groups in total. The third-order valence-electron chi connectivity index (χ3n) is 3.11. The molecule has 1 atom stereocenters. The first kappa shape index (κ1) is 14.3. The van der Waals surface area contributed by atoms with Crippen LogP contribution >= 0.6 is 0 Å². The molecule has 1 aromatic carbocycles. The second kappa shape index (κ2) is 5.46. The van der Waals surface area contributed by atoms with Crippen molar-refractivity contribution < 1.29 is 4.79 Å². The minimum Gasteiger partial charge on any atom is -0.318 e. The van der Waals surface area contributed by atoms with Crippen LogP contribution < -0.4 is 11.1 Å². The molecule has 5 nitrogen and oxygen atoms in total. The van der Waals surface area contributed by atoms with Crippen LogP contribution in [0.2, 0.25) is 0 Å². The SMILES string of the molecule is CC(c1ccccc1)n1ccc(NC(=O)C(C)(C)N)n1. The summed E-state index contributed by atoms with van der Waals surface area (Å²) in [4.78, 5) is 11.8. The number of carbonyl (C=O) groups is 1. The minimum atomic E-state index is -0.922. The summed E-state index contributed by atoms with van der Waals surface area (Å²) in [5.74, 6) is 0.256. The molecule has 0 saturated carbocycles. The van der Waals surface area contributed by atoms with Gasteiger partial charge in [-0.3, -0.25) is 9.48 Å². The number of amides is 1. The molecule has 1 aromatic heterocycles. The van der Waals surface area contributed by atoms with Gasteiger partial charge in [0.2, 0.25) is 5.91 Å². The Bertz CT molecular complexity index is 583. The van der Waals surface area contributed by atoms with Gasteiger partial charge in [0.05, 0.1) is 11.6 Å². The van der Waals surface area contributed by atoms with Crippen molar-refractivity contribution in [2.24, 2.45) is 5.73 Å². The van der Waals surface area contributed by atoms with E-state index in [0.29, 0.717) is 5.82 Å². The Balaban J connectivity index is 2.12. The zero-order valence-electron chi connectivity index (χ0n) is 12.0. The van der Waals surface area contributed by atoms with Crippen LogP contribution in [0.3, 0.4) is 0 Å². The zero-order valence-corrected chi connectivity index (χ0v) is 12.0. The van der Waals surface area contributed by atoms with Crippen LogP contribution in [0.15, 0.2) is 42.6 Å². The first-order valence-electron chi connectivity index (χ1n) is 6.58. The number of hydrogen-bond acceptors (Lipinski definition) is 3. The van der Waals surface area contributed by atoms with Crippen molar-refractivity contribution >= 4 is 11.7 Å². The standard InChI is InChI=1S/C15H20N4O/c1-11(12-7-5-4-6-8-12)19-10-9-13(18-19)17-14(20)15(2,3)16/h4-11H,16H2,1-3H3,(H,17,18,20). The number of anilines is 1. The number of hydrogen-bond donors (Lipinski definition) is 2. The molecule has 0 aliphatic heterocycles. The van der Waals surface area contributed by atoms with Crippen LogP contribution in [-0.2, 0) is 4.79 Å². The highest BCUT2D eigenvalue weighted by molar-refractivity contribution is 5.96. The molecule has 20 heavy (non-hydrogen) atoms. The van der Waals surface area contributed by atoms with Crippen molar-refractivity contribution in [1.29, 1.82) is 0 Å². The number of nitrogens with one attached hydrogen (secondary N) is 1. The Morgan fingerprint density at radius 3 is 2.55 bits per heavy atom. The maximum atomic E-state index is 11.8. The molecule has 1 heterocycles. The van der Waals surface area contributed by atoms with Crippen LogP contribution in [-0.4, -0.2) is 21.2 Å². The first-order chi connectivity index (χ1) is 9.38. The smallest absolute Gasteiger partial charge is 0.245 e. The highest BCUT2D eigenvalue weighted by Crippen LogP contribution is 2.18. The number of rotatable bonds is 4. The fraction of sp³-hybridized carbons (Fsp3) is 0.333. The Morgan fingerprint density at radius 2 is 1.95 bits per heavy atom. The lowest BCUT2D eigenvalue weighted by Crippen LogP contribution is -2.45. The predicted molar refractivity (Wildman–Crippen MR) is 79.4 cm³/mol. The van der Waals surface area contributed by atoms with E-state index in [1.54, 1.807) is 19.9 Å². The average molecular weight is 272 g/mol. The van der Waals surface area contributed by atoms with Crippen molar-refractivity contribution in [2.75, 3.05) is 5.32 Å². The van der Waals surface area contributed by atoms with E-state index in [1.807, 2.05) is 41.2 Å². The average Bonchev–Trinajstić information content (AvgIpc) is 2.86. The third kappa shape index (κ3) is 3.24. The van der Waals surface area contributed by atoms with Crippen molar-refractivity contribution in [3.05, 3.63) is 48.2 Å². The van der Waals surface area contributed by atoms with E-state index >= 15 is 0 Å². The Labute approximate surface area is 118 Å². The number of nitrogens with two attached hydrogens (primary N) is 1. The summed E-state index contributed by atoms with van der Waals surface area (Å²) in [7, 11) is 0. The third-order valence-corrected chi connectivity index (χ3v) is 3.11. The van der Waals surface area contributed by atoms with E-state index in [9.17, 15) is 4.79 Å². The van der Waals surface area contributed by atoms with Gasteiger partial charge in [-0.25, -0.2) is 0 Å². The summed E-state index contributed by atoms with van der Waals surface area (Å²) in [6.07, 6.45) is 1.84. The first-order valence-corrected chi connectivity index (χ1v) is 6.58. The van der Waals surface area contributed by atoms with Crippen molar-refractivity contribution in [3.63, 3.8) is 0 Å². The quantitative estimate of drug-likeness (QED) is 0.896. The van der Waals surface area contributed by atoms with Gasteiger partial charge in [0.25, 0.3) is 0 Å². The van der Waals surface area contributed by atoms with E-state index in [-0.39, 0.29) is 11.9 Å². The molecule has 5 heteroatoms. The van der Waals surface area contributed by atoms with Gasteiger partial charge in [-0.2, -0.15) is 5.10 Å². The number of benzene rings is 1. The molecule has 0 aliphatic carbocycles. The van der Waals surface area contributed by atoms with Gasteiger partial charge in [-0.05, 0) is 26.3 Å². The lowest BCUT2D eigenvalue weighted by Gasteiger charge is -2.16. The summed E-state index contributed by atoms with van der Waals surface area (Å²) in [6.45, 7) is 5.37. The normalized spacial score (nSPS) is 13.0. The van der Waals surface area contributed by atoms with E-state index in [4.69, 9.17) is 5.73 Å². The highest BCUT2D eigenvalue weighted by Gasteiger charge is 2.22. The molecule has 2 aromatic rings. The second-order valence-corrected chi connectivity index (χ2v) is 5.44.